The number of aryl methyl sites for hydroxylation is 2. The number of hydrogen-bond donors (Lipinski definition) is 0. The fraction of sp³-hybridized carbons (Fsp3) is 0.450. The molecule has 130 valence electrons. The van der Waals surface area contributed by atoms with Crippen LogP contribution in [0.25, 0.3) is 0 Å². The first-order chi connectivity index (χ1) is 12.1. The highest BCUT2D eigenvalue weighted by molar-refractivity contribution is 5.80. The van der Waals surface area contributed by atoms with Crippen molar-refractivity contribution in [3.63, 3.8) is 0 Å². The van der Waals surface area contributed by atoms with E-state index in [0.717, 1.165) is 56.4 Å². The summed E-state index contributed by atoms with van der Waals surface area (Å²) in [6.07, 6.45) is 1.86. The molecule has 0 aliphatic carbocycles. The van der Waals surface area contributed by atoms with Crippen LogP contribution in [-0.4, -0.2) is 40.4 Å². The molecule has 1 amide bonds. The van der Waals surface area contributed by atoms with E-state index < -0.39 is 0 Å². The van der Waals surface area contributed by atoms with Crippen molar-refractivity contribution in [3.8, 4) is 0 Å². The number of benzene rings is 1. The summed E-state index contributed by atoms with van der Waals surface area (Å²) in [5.74, 6) is 2.10. The zero-order valence-electron chi connectivity index (χ0n) is 14.9. The molecule has 1 aromatic carbocycles. The van der Waals surface area contributed by atoms with E-state index in [9.17, 15) is 4.79 Å². The number of carbonyl (C=O) groups is 1. The van der Waals surface area contributed by atoms with Crippen molar-refractivity contribution in [2.75, 3.05) is 24.5 Å². The smallest absolute Gasteiger partial charge is 0.227 e. The third-order valence-corrected chi connectivity index (χ3v) is 5.26. The van der Waals surface area contributed by atoms with Gasteiger partial charge in [0.05, 0.1) is 5.92 Å². The molecule has 0 N–H and O–H groups in total. The summed E-state index contributed by atoms with van der Waals surface area (Å²) in [6, 6.07) is 10.5. The van der Waals surface area contributed by atoms with Gasteiger partial charge in [-0.2, -0.15) is 0 Å². The van der Waals surface area contributed by atoms with E-state index in [4.69, 9.17) is 0 Å². The van der Waals surface area contributed by atoms with E-state index in [1.165, 1.54) is 11.1 Å². The molecule has 0 bridgehead atoms. The van der Waals surface area contributed by atoms with E-state index >= 15 is 0 Å². The Bertz CT molecular complexity index is 784. The quantitative estimate of drug-likeness (QED) is 0.845. The number of nitrogens with zero attached hydrogens (tertiary/aromatic N) is 4. The second kappa shape index (κ2) is 6.47. The van der Waals surface area contributed by atoms with Gasteiger partial charge in [-0.3, -0.25) is 4.79 Å². The fourth-order valence-corrected chi connectivity index (χ4v) is 3.97. The van der Waals surface area contributed by atoms with Crippen molar-refractivity contribution in [1.29, 1.82) is 0 Å². The molecule has 1 aromatic heterocycles. The van der Waals surface area contributed by atoms with Gasteiger partial charge in [-0.25, -0.2) is 9.97 Å². The molecule has 1 atom stereocenters. The molecule has 2 aliphatic heterocycles. The highest BCUT2D eigenvalue weighted by atomic mass is 16.2. The van der Waals surface area contributed by atoms with Crippen LogP contribution < -0.4 is 4.90 Å². The lowest BCUT2D eigenvalue weighted by Crippen LogP contribution is -2.40. The van der Waals surface area contributed by atoms with Gasteiger partial charge >= 0.3 is 0 Å². The molecule has 0 spiro atoms. The Hall–Kier alpha value is -2.43. The van der Waals surface area contributed by atoms with Crippen LogP contribution >= 0.6 is 0 Å². The third-order valence-electron chi connectivity index (χ3n) is 5.26. The summed E-state index contributed by atoms with van der Waals surface area (Å²) in [7, 11) is 0. The molecular weight excluding hydrogens is 312 g/mol. The number of hydrogen-bond acceptors (Lipinski definition) is 4. The van der Waals surface area contributed by atoms with Crippen molar-refractivity contribution in [2.24, 2.45) is 5.92 Å². The largest absolute Gasteiger partial charge is 0.356 e. The average Bonchev–Trinajstić information content (AvgIpc) is 3.10. The zero-order chi connectivity index (χ0) is 17.4. The number of aromatic nitrogens is 2. The molecule has 25 heavy (non-hydrogen) atoms. The molecule has 2 aliphatic rings. The van der Waals surface area contributed by atoms with Crippen molar-refractivity contribution in [2.45, 2.75) is 33.2 Å². The van der Waals surface area contributed by atoms with E-state index in [1.807, 2.05) is 24.8 Å². The monoisotopic (exact) mass is 336 g/mol. The first-order valence-electron chi connectivity index (χ1n) is 9.03. The summed E-state index contributed by atoms with van der Waals surface area (Å²) < 4.78 is 0. The van der Waals surface area contributed by atoms with Crippen LogP contribution in [0.3, 0.4) is 0 Å². The topological polar surface area (TPSA) is 49.3 Å². The lowest BCUT2D eigenvalue weighted by Gasteiger charge is -2.31. The van der Waals surface area contributed by atoms with Gasteiger partial charge in [-0.05, 0) is 37.8 Å². The van der Waals surface area contributed by atoms with Gasteiger partial charge in [0.15, 0.2) is 0 Å². The van der Waals surface area contributed by atoms with Crippen LogP contribution in [0.1, 0.15) is 29.1 Å². The van der Waals surface area contributed by atoms with Crippen LogP contribution in [0.2, 0.25) is 0 Å². The third kappa shape index (κ3) is 3.23. The molecule has 1 saturated heterocycles. The highest BCUT2D eigenvalue weighted by Crippen LogP contribution is 2.26. The molecule has 2 aromatic rings. The highest BCUT2D eigenvalue weighted by Gasteiger charge is 2.33. The van der Waals surface area contributed by atoms with Gasteiger partial charge < -0.3 is 9.80 Å². The van der Waals surface area contributed by atoms with Gasteiger partial charge in [0.25, 0.3) is 0 Å². The number of carbonyl (C=O) groups excluding carboxylic acids is 1. The molecule has 4 rings (SSSR count). The molecule has 1 fully saturated rings. The van der Waals surface area contributed by atoms with Crippen molar-refractivity contribution >= 4 is 11.7 Å². The SMILES string of the molecule is Cc1cc(N2CCC(C(=O)N3CCc4ccccc4C3)C2)nc(C)n1. The Morgan fingerprint density at radius 3 is 2.72 bits per heavy atom. The zero-order valence-corrected chi connectivity index (χ0v) is 14.9. The van der Waals surface area contributed by atoms with Gasteiger partial charge in [0, 0.05) is 37.9 Å². The molecular formula is C20H24N4O. The number of rotatable bonds is 2. The standard InChI is InChI=1S/C20H24N4O/c1-14-11-19(22-15(2)21-14)23-9-8-18(13-23)20(25)24-10-7-16-5-3-4-6-17(16)12-24/h3-6,11,18H,7-10,12-13H2,1-2H3. The maximum atomic E-state index is 13.0. The van der Waals surface area contributed by atoms with Crippen LogP contribution in [0.15, 0.2) is 30.3 Å². The second-order valence-electron chi connectivity index (χ2n) is 7.12. The minimum atomic E-state index is 0.0702. The fourth-order valence-electron chi connectivity index (χ4n) is 3.97. The van der Waals surface area contributed by atoms with Gasteiger partial charge in [-0.1, -0.05) is 24.3 Å². The van der Waals surface area contributed by atoms with Gasteiger partial charge in [0.1, 0.15) is 11.6 Å². The van der Waals surface area contributed by atoms with Crippen LogP contribution in [0.5, 0.6) is 0 Å². The number of amides is 1. The first kappa shape index (κ1) is 16.1. The first-order valence-corrected chi connectivity index (χ1v) is 9.03. The Morgan fingerprint density at radius 1 is 1.12 bits per heavy atom. The molecule has 5 heteroatoms. The van der Waals surface area contributed by atoms with Crippen LogP contribution in [-0.2, 0) is 17.8 Å². The maximum Gasteiger partial charge on any atom is 0.227 e. The van der Waals surface area contributed by atoms with E-state index in [2.05, 4.69) is 39.1 Å². The maximum absolute atomic E-state index is 13.0. The van der Waals surface area contributed by atoms with E-state index in [-0.39, 0.29) is 5.92 Å². The summed E-state index contributed by atoms with van der Waals surface area (Å²) in [4.78, 5) is 26.1. The number of anilines is 1. The van der Waals surface area contributed by atoms with Crippen molar-refractivity contribution < 1.29 is 4.79 Å². The predicted molar refractivity (Wildman–Crippen MR) is 97.4 cm³/mol. The molecule has 0 saturated carbocycles. The molecule has 3 heterocycles. The summed E-state index contributed by atoms with van der Waals surface area (Å²) in [6.45, 7) is 7.13. The molecule has 5 nitrogen and oxygen atoms in total. The van der Waals surface area contributed by atoms with Gasteiger partial charge in [0.2, 0.25) is 5.91 Å². The Balaban J connectivity index is 1.44. The normalized spacial score (nSPS) is 19.8. The Morgan fingerprint density at radius 2 is 1.92 bits per heavy atom. The van der Waals surface area contributed by atoms with E-state index in [0.29, 0.717) is 5.91 Å². The second-order valence-corrected chi connectivity index (χ2v) is 7.12. The molecule has 1 unspecified atom stereocenters. The number of fused-ring (bicyclic) bond motifs is 1. The molecule has 0 radical (unpaired) electrons. The average molecular weight is 336 g/mol. The van der Waals surface area contributed by atoms with Crippen LogP contribution in [0.4, 0.5) is 5.82 Å². The summed E-state index contributed by atoms with van der Waals surface area (Å²) in [5.41, 5.74) is 3.65. The lowest BCUT2D eigenvalue weighted by molar-refractivity contribution is -0.135. The summed E-state index contributed by atoms with van der Waals surface area (Å²) >= 11 is 0. The Labute approximate surface area is 148 Å². The minimum absolute atomic E-state index is 0.0702. The van der Waals surface area contributed by atoms with Crippen molar-refractivity contribution in [3.05, 3.63) is 53.0 Å². The lowest BCUT2D eigenvalue weighted by atomic mass is 9.98. The van der Waals surface area contributed by atoms with E-state index in [1.54, 1.807) is 0 Å². The Kier molecular flexibility index (Phi) is 4.15. The van der Waals surface area contributed by atoms with Gasteiger partial charge in [-0.15, -0.1) is 0 Å². The van der Waals surface area contributed by atoms with Crippen molar-refractivity contribution in [1.82, 2.24) is 14.9 Å². The summed E-state index contributed by atoms with van der Waals surface area (Å²) in [5, 5.41) is 0. The minimum Gasteiger partial charge on any atom is -0.356 e. The predicted octanol–water partition coefficient (Wildman–Crippen LogP) is 2.50. The van der Waals surface area contributed by atoms with Crippen LogP contribution in [0, 0.1) is 19.8 Å².